The summed E-state index contributed by atoms with van der Waals surface area (Å²) < 4.78 is 11.9. The molecule has 1 aliphatic heterocycles. The summed E-state index contributed by atoms with van der Waals surface area (Å²) in [6, 6.07) is 18.0. The zero-order valence-corrected chi connectivity index (χ0v) is 19.7. The van der Waals surface area contributed by atoms with Gasteiger partial charge in [-0.3, -0.25) is 9.78 Å². The minimum atomic E-state index is -2.03. The molecule has 0 saturated heterocycles. The second kappa shape index (κ2) is 7.98. The van der Waals surface area contributed by atoms with Gasteiger partial charge in [-0.05, 0) is 23.3 Å². The van der Waals surface area contributed by atoms with Crippen LogP contribution in [0, 0.1) is 5.92 Å². The number of carbonyl (C=O) groups excluding carboxylic acids is 1. The van der Waals surface area contributed by atoms with Crippen LogP contribution in [-0.2, 0) is 16.0 Å². The summed E-state index contributed by atoms with van der Waals surface area (Å²) in [6.07, 6.45) is -0.110. The molecule has 0 bridgehead atoms. The molecule has 2 heterocycles. The summed E-state index contributed by atoms with van der Waals surface area (Å²) in [5.41, 5.74) is -2.12. The van der Waals surface area contributed by atoms with Crippen LogP contribution in [0.2, 0.25) is 5.02 Å². The third kappa shape index (κ3) is 2.90. The maximum atomic E-state index is 13.5. The molecule has 1 amide bonds. The number of fused-ring (bicyclic) bond motifs is 3. The van der Waals surface area contributed by atoms with Gasteiger partial charge in [0.15, 0.2) is 11.2 Å². The van der Waals surface area contributed by atoms with Crippen molar-refractivity contribution >= 4 is 17.5 Å². The van der Waals surface area contributed by atoms with Gasteiger partial charge in [0.1, 0.15) is 23.3 Å². The standard InChI is InChI=1S/C26H25ClN2O5/c1-29(2)24(31)20-21(15-7-5-4-6-8-15)26(16-9-11-18(33-3)12-10-16)25(32,23(20)30)22-19(34-26)13-17(27)14-28-22/h4-14,20-21,23,30,32H,1-3H3/t20-,21+,23+,25-,26-/m0/s1. The third-order valence-corrected chi connectivity index (χ3v) is 7.19. The minimum Gasteiger partial charge on any atom is -0.497 e. The summed E-state index contributed by atoms with van der Waals surface area (Å²) in [6.45, 7) is 0. The molecule has 8 heteroatoms. The van der Waals surface area contributed by atoms with Gasteiger partial charge < -0.3 is 24.6 Å². The number of hydrogen-bond donors (Lipinski definition) is 2. The van der Waals surface area contributed by atoms with Crippen molar-refractivity contribution in [3.8, 4) is 11.5 Å². The average molecular weight is 481 g/mol. The summed E-state index contributed by atoms with van der Waals surface area (Å²) in [5, 5.41) is 24.5. The van der Waals surface area contributed by atoms with Crippen LogP contribution in [0.5, 0.6) is 11.5 Å². The number of rotatable bonds is 4. The number of ether oxygens (including phenoxy) is 2. The predicted molar refractivity (Wildman–Crippen MR) is 126 cm³/mol. The molecule has 34 heavy (non-hydrogen) atoms. The van der Waals surface area contributed by atoms with Crippen molar-refractivity contribution in [3.63, 3.8) is 0 Å². The van der Waals surface area contributed by atoms with E-state index in [2.05, 4.69) is 4.98 Å². The van der Waals surface area contributed by atoms with E-state index in [4.69, 9.17) is 21.1 Å². The van der Waals surface area contributed by atoms with E-state index >= 15 is 0 Å². The zero-order valence-electron chi connectivity index (χ0n) is 19.0. The Morgan fingerprint density at radius 2 is 1.82 bits per heavy atom. The largest absolute Gasteiger partial charge is 0.497 e. The fraction of sp³-hybridized carbons (Fsp3) is 0.308. The molecule has 2 aliphatic rings. The summed E-state index contributed by atoms with van der Waals surface area (Å²) in [4.78, 5) is 19.3. The lowest BCUT2D eigenvalue weighted by atomic mass is 9.71. The molecule has 0 spiro atoms. The van der Waals surface area contributed by atoms with E-state index in [0.717, 1.165) is 5.56 Å². The fourth-order valence-corrected chi connectivity index (χ4v) is 5.69. The number of methoxy groups -OCH3 is 1. The molecule has 1 saturated carbocycles. The van der Waals surface area contributed by atoms with Gasteiger partial charge >= 0.3 is 0 Å². The first kappa shape index (κ1) is 22.7. The highest BCUT2D eigenvalue weighted by Crippen LogP contribution is 2.68. The van der Waals surface area contributed by atoms with Gasteiger partial charge in [0.05, 0.1) is 18.1 Å². The third-order valence-electron chi connectivity index (χ3n) is 6.99. The van der Waals surface area contributed by atoms with E-state index in [1.807, 2.05) is 30.3 Å². The van der Waals surface area contributed by atoms with Crippen LogP contribution in [0.15, 0.2) is 66.9 Å². The topological polar surface area (TPSA) is 92.1 Å². The van der Waals surface area contributed by atoms with Gasteiger partial charge in [-0.15, -0.1) is 0 Å². The molecule has 0 unspecified atom stereocenters. The Morgan fingerprint density at radius 3 is 2.44 bits per heavy atom. The number of aromatic nitrogens is 1. The van der Waals surface area contributed by atoms with Crippen LogP contribution in [0.4, 0.5) is 0 Å². The number of nitrogens with zero attached hydrogens (tertiary/aromatic N) is 2. The lowest BCUT2D eigenvalue weighted by molar-refractivity contribution is -0.157. The Kier molecular flexibility index (Phi) is 5.31. The van der Waals surface area contributed by atoms with Crippen molar-refractivity contribution in [2.45, 2.75) is 23.2 Å². The van der Waals surface area contributed by atoms with Gasteiger partial charge in [0, 0.05) is 32.3 Å². The van der Waals surface area contributed by atoms with Gasteiger partial charge in [-0.1, -0.05) is 54.1 Å². The fourth-order valence-electron chi connectivity index (χ4n) is 5.54. The molecular weight excluding hydrogens is 456 g/mol. The number of hydrogen-bond acceptors (Lipinski definition) is 6. The maximum absolute atomic E-state index is 13.5. The Hall–Kier alpha value is -3.13. The zero-order chi connectivity index (χ0) is 24.3. The molecule has 1 fully saturated rings. The first-order valence-electron chi connectivity index (χ1n) is 10.9. The van der Waals surface area contributed by atoms with E-state index in [1.165, 1.54) is 11.1 Å². The monoisotopic (exact) mass is 480 g/mol. The van der Waals surface area contributed by atoms with Crippen LogP contribution < -0.4 is 9.47 Å². The molecule has 2 N–H and O–H groups in total. The van der Waals surface area contributed by atoms with Crippen LogP contribution in [0.3, 0.4) is 0 Å². The van der Waals surface area contributed by atoms with Gasteiger partial charge in [-0.2, -0.15) is 0 Å². The highest BCUT2D eigenvalue weighted by molar-refractivity contribution is 6.30. The highest BCUT2D eigenvalue weighted by atomic mass is 35.5. The van der Waals surface area contributed by atoms with E-state index in [-0.39, 0.29) is 17.4 Å². The van der Waals surface area contributed by atoms with Gasteiger partial charge in [0.2, 0.25) is 5.91 Å². The number of halogens is 1. The van der Waals surface area contributed by atoms with Crippen LogP contribution in [-0.4, -0.2) is 53.3 Å². The Morgan fingerprint density at radius 1 is 1.15 bits per heavy atom. The first-order chi connectivity index (χ1) is 16.3. The SMILES string of the molecule is COc1ccc([C@@]23Oc4cc(Cl)cnc4[C@]2(O)[C@H](O)[C@@H](C(=O)N(C)C)[C@H]3c2ccccc2)cc1. The molecule has 1 aliphatic carbocycles. The second-order valence-corrected chi connectivity index (χ2v) is 9.36. The number of benzene rings is 2. The van der Waals surface area contributed by atoms with Crippen molar-refractivity contribution in [2.24, 2.45) is 5.92 Å². The molecule has 5 atom stereocenters. The van der Waals surface area contributed by atoms with Gasteiger partial charge in [-0.25, -0.2) is 0 Å². The van der Waals surface area contributed by atoms with Crippen molar-refractivity contribution in [1.29, 1.82) is 0 Å². The maximum Gasteiger partial charge on any atom is 0.228 e. The number of amides is 1. The summed E-state index contributed by atoms with van der Waals surface area (Å²) in [7, 11) is 4.82. The lowest BCUT2D eigenvalue weighted by Gasteiger charge is -2.40. The molecule has 3 aromatic rings. The van der Waals surface area contributed by atoms with Crippen LogP contribution >= 0.6 is 11.6 Å². The molecular formula is C26H25ClN2O5. The molecule has 7 nitrogen and oxygen atoms in total. The van der Waals surface area contributed by atoms with Crippen LogP contribution in [0.1, 0.15) is 22.7 Å². The van der Waals surface area contributed by atoms with E-state index in [1.54, 1.807) is 51.5 Å². The normalized spacial score (nSPS) is 29.2. The average Bonchev–Trinajstić information content (AvgIpc) is 3.21. The van der Waals surface area contributed by atoms with E-state index in [9.17, 15) is 15.0 Å². The predicted octanol–water partition coefficient (Wildman–Crippen LogP) is 3.08. The number of aliphatic hydroxyl groups is 2. The molecule has 176 valence electrons. The van der Waals surface area contributed by atoms with Gasteiger partial charge in [0.25, 0.3) is 0 Å². The van der Waals surface area contributed by atoms with Crippen LogP contribution in [0.25, 0.3) is 0 Å². The van der Waals surface area contributed by atoms with Crippen molar-refractivity contribution in [3.05, 3.63) is 88.7 Å². The molecule has 2 aromatic carbocycles. The Labute approximate surface area is 202 Å². The number of pyridine rings is 1. The Bertz CT molecular complexity index is 1240. The first-order valence-corrected chi connectivity index (χ1v) is 11.3. The second-order valence-electron chi connectivity index (χ2n) is 8.92. The summed E-state index contributed by atoms with van der Waals surface area (Å²) >= 11 is 6.20. The lowest BCUT2D eigenvalue weighted by Crippen LogP contribution is -2.52. The number of carbonyl (C=O) groups is 1. The van der Waals surface area contributed by atoms with Crippen molar-refractivity contribution < 1.29 is 24.5 Å². The quantitative estimate of drug-likeness (QED) is 0.596. The number of aliphatic hydroxyl groups excluding tert-OH is 1. The summed E-state index contributed by atoms with van der Waals surface area (Å²) in [5.74, 6) is -1.19. The van der Waals surface area contributed by atoms with E-state index in [0.29, 0.717) is 16.3 Å². The van der Waals surface area contributed by atoms with Crippen molar-refractivity contribution in [2.75, 3.05) is 21.2 Å². The van der Waals surface area contributed by atoms with Crippen molar-refractivity contribution in [1.82, 2.24) is 9.88 Å². The smallest absolute Gasteiger partial charge is 0.228 e. The minimum absolute atomic E-state index is 0.148. The molecule has 1 aromatic heterocycles. The Balaban J connectivity index is 1.85. The molecule has 5 rings (SSSR count). The molecule has 0 radical (unpaired) electrons. The van der Waals surface area contributed by atoms with E-state index < -0.39 is 29.1 Å². The highest BCUT2D eigenvalue weighted by Gasteiger charge is 2.78.